The maximum absolute atomic E-state index is 13.3. The van der Waals surface area contributed by atoms with Gasteiger partial charge < -0.3 is 10.5 Å². The van der Waals surface area contributed by atoms with Crippen LogP contribution >= 0.6 is 11.6 Å². The van der Waals surface area contributed by atoms with E-state index in [0.717, 1.165) is 0 Å². The average molecular weight is 308 g/mol. The summed E-state index contributed by atoms with van der Waals surface area (Å²) in [6.45, 7) is 0.272. The van der Waals surface area contributed by atoms with Gasteiger partial charge in [-0.3, -0.25) is 0 Å². The van der Waals surface area contributed by atoms with Crippen LogP contribution in [0.25, 0.3) is 0 Å². The van der Waals surface area contributed by atoms with E-state index in [9.17, 15) is 8.78 Å². The van der Waals surface area contributed by atoms with Gasteiger partial charge in [-0.2, -0.15) is 0 Å². The van der Waals surface area contributed by atoms with E-state index in [1.807, 2.05) is 0 Å². The van der Waals surface area contributed by atoms with E-state index in [1.165, 1.54) is 30.3 Å². The number of nitrogens with two attached hydrogens (primary N) is 1. The Morgan fingerprint density at radius 1 is 1.14 bits per heavy atom. The second kappa shape index (κ2) is 7.07. The Morgan fingerprint density at radius 2 is 1.95 bits per heavy atom. The first-order chi connectivity index (χ1) is 10.1. The topological polar surface area (TPSA) is 35.2 Å². The van der Waals surface area contributed by atoms with Gasteiger partial charge in [0.05, 0.1) is 17.1 Å². The number of ether oxygens (including phenoxy) is 1. The van der Waals surface area contributed by atoms with Crippen molar-refractivity contribution >= 4 is 11.6 Å². The van der Waals surface area contributed by atoms with Crippen molar-refractivity contribution < 1.29 is 13.5 Å². The van der Waals surface area contributed by atoms with Crippen molar-refractivity contribution in [1.82, 2.24) is 0 Å². The smallest absolute Gasteiger partial charge is 0.142 e. The normalized spacial score (nSPS) is 9.90. The SMILES string of the molecule is NCC#Cc1ccc(F)cc1OCc1ccc(Cl)c(F)c1. The molecule has 21 heavy (non-hydrogen) atoms. The third-order valence-electron chi connectivity index (χ3n) is 2.65. The molecule has 0 heterocycles. The Kier molecular flexibility index (Phi) is 5.15. The highest BCUT2D eigenvalue weighted by Crippen LogP contribution is 2.21. The summed E-state index contributed by atoms with van der Waals surface area (Å²) in [5.41, 5.74) is 6.42. The van der Waals surface area contributed by atoms with Gasteiger partial charge in [0.25, 0.3) is 0 Å². The van der Waals surface area contributed by atoms with Gasteiger partial charge >= 0.3 is 0 Å². The van der Waals surface area contributed by atoms with Crippen LogP contribution in [0.15, 0.2) is 36.4 Å². The third kappa shape index (κ3) is 4.19. The number of rotatable bonds is 3. The Morgan fingerprint density at radius 3 is 2.67 bits per heavy atom. The van der Waals surface area contributed by atoms with Gasteiger partial charge in [0.15, 0.2) is 0 Å². The highest BCUT2D eigenvalue weighted by molar-refractivity contribution is 6.30. The van der Waals surface area contributed by atoms with Crippen LogP contribution in [-0.2, 0) is 6.61 Å². The first kappa shape index (κ1) is 15.3. The summed E-state index contributed by atoms with van der Waals surface area (Å²) in [6, 6.07) is 8.37. The zero-order valence-electron chi connectivity index (χ0n) is 11.0. The molecular formula is C16H12ClF2NO. The zero-order valence-corrected chi connectivity index (χ0v) is 11.8. The number of benzene rings is 2. The first-order valence-corrected chi connectivity index (χ1v) is 6.53. The number of hydrogen-bond donors (Lipinski definition) is 1. The van der Waals surface area contributed by atoms with Crippen molar-refractivity contribution in [2.75, 3.05) is 6.54 Å². The molecule has 0 saturated carbocycles. The molecular weight excluding hydrogens is 296 g/mol. The number of halogens is 3. The van der Waals surface area contributed by atoms with Gasteiger partial charge in [0.2, 0.25) is 0 Å². The minimum atomic E-state index is -0.528. The molecule has 0 fully saturated rings. The fraction of sp³-hybridized carbons (Fsp3) is 0.125. The summed E-state index contributed by atoms with van der Waals surface area (Å²) in [4.78, 5) is 0. The highest BCUT2D eigenvalue weighted by atomic mass is 35.5. The van der Waals surface area contributed by atoms with Gasteiger partial charge in [0, 0.05) is 6.07 Å². The summed E-state index contributed by atoms with van der Waals surface area (Å²) >= 11 is 5.61. The van der Waals surface area contributed by atoms with Crippen LogP contribution in [0.1, 0.15) is 11.1 Å². The quantitative estimate of drug-likeness (QED) is 0.881. The lowest BCUT2D eigenvalue weighted by Crippen LogP contribution is -1.99. The van der Waals surface area contributed by atoms with E-state index in [4.69, 9.17) is 22.1 Å². The molecule has 0 atom stereocenters. The van der Waals surface area contributed by atoms with Gasteiger partial charge in [-0.25, -0.2) is 8.78 Å². The Labute approximate surface area is 126 Å². The van der Waals surface area contributed by atoms with Gasteiger partial charge in [0.1, 0.15) is 24.0 Å². The molecule has 2 aromatic rings. The molecule has 108 valence electrons. The minimum Gasteiger partial charge on any atom is -0.487 e. The molecule has 2 aromatic carbocycles. The van der Waals surface area contributed by atoms with E-state index in [-0.39, 0.29) is 23.9 Å². The molecule has 0 unspecified atom stereocenters. The van der Waals surface area contributed by atoms with Crippen molar-refractivity contribution in [3.8, 4) is 17.6 Å². The van der Waals surface area contributed by atoms with Crippen LogP contribution in [0.2, 0.25) is 5.02 Å². The van der Waals surface area contributed by atoms with E-state index in [2.05, 4.69) is 11.8 Å². The predicted molar refractivity (Wildman–Crippen MR) is 78.1 cm³/mol. The fourth-order valence-electron chi connectivity index (χ4n) is 1.66. The minimum absolute atomic E-state index is 0.0407. The molecule has 0 aliphatic rings. The van der Waals surface area contributed by atoms with Crippen molar-refractivity contribution in [3.05, 3.63) is 64.2 Å². The Bertz CT molecular complexity index is 707. The van der Waals surface area contributed by atoms with Crippen molar-refractivity contribution in [3.63, 3.8) is 0 Å². The molecule has 0 aromatic heterocycles. The second-order valence-corrected chi connectivity index (χ2v) is 4.59. The molecule has 5 heteroatoms. The monoisotopic (exact) mass is 307 g/mol. The summed E-state index contributed by atoms with van der Waals surface area (Å²) in [5.74, 6) is 4.79. The summed E-state index contributed by atoms with van der Waals surface area (Å²) in [7, 11) is 0. The van der Waals surface area contributed by atoms with Gasteiger partial charge in [-0.1, -0.05) is 29.5 Å². The van der Waals surface area contributed by atoms with E-state index < -0.39 is 11.6 Å². The molecule has 0 aliphatic heterocycles. The van der Waals surface area contributed by atoms with Gasteiger partial charge in [-0.05, 0) is 29.8 Å². The molecule has 0 radical (unpaired) electrons. The van der Waals surface area contributed by atoms with Gasteiger partial charge in [-0.15, -0.1) is 0 Å². The zero-order chi connectivity index (χ0) is 15.2. The van der Waals surface area contributed by atoms with E-state index in [0.29, 0.717) is 11.1 Å². The summed E-state index contributed by atoms with van der Waals surface area (Å²) < 4.78 is 32.1. The molecule has 2 N–H and O–H groups in total. The van der Waals surface area contributed by atoms with Crippen LogP contribution in [0, 0.1) is 23.5 Å². The van der Waals surface area contributed by atoms with E-state index in [1.54, 1.807) is 6.07 Å². The second-order valence-electron chi connectivity index (χ2n) is 4.18. The molecule has 0 bridgehead atoms. The van der Waals surface area contributed by atoms with Crippen LogP contribution in [0.3, 0.4) is 0 Å². The molecule has 2 nitrogen and oxygen atoms in total. The lowest BCUT2D eigenvalue weighted by atomic mass is 10.2. The van der Waals surface area contributed by atoms with Crippen LogP contribution in [-0.4, -0.2) is 6.54 Å². The lowest BCUT2D eigenvalue weighted by Gasteiger charge is -2.09. The molecule has 0 aliphatic carbocycles. The lowest BCUT2D eigenvalue weighted by molar-refractivity contribution is 0.303. The molecule has 0 saturated heterocycles. The summed E-state index contributed by atoms with van der Waals surface area (Å²) in [5, 5.41) is 0.0407. The third-order valence-corrected chi connectivity index (χ3v) is 2.95. The van der Waals surface area contributed by atoms with Crippen molar-refractivity contribution in [1.29, 1.82) is 0 Å². The van der Waals surface area contributed by atoms with E-state index >= 15 is 0 Å². The standard InChI is InChI=1S/C16H12ClF2NO/c17-14-6-3-11(8-15(14)19)10-21-16-9-13(18)5-4-12(16)2-1-7-20/h3-6,8-9H,7,10,20H2. The molecule has 0 amide bonds. The fourth-order valence-corrected chi connectivity index (χ4v) is 1.77. The first-order valence-electron chi connectivity index (χ1n) is 6.15. The highest BCUT2D eigenvalue weighted by Gasteiger charge is 2.06. The van der Waals surface area contributed by atoms with Crippen LogP contribution < -0.4 is 10.5 Å². The largest absolute Gasteiger partial charge is 0.487 e. The predicted octanol–water partition coefficient (Wildman–Crippen LogP) is 3.51. The maximum atomic E-state index is 13.3. The summed E-state index contributed by atoms with van der Waals surface area (Å²) in [6.07, 6.45) is 0. The van der Waals surface area contributed by atoms with Crippen LogP contribution in [0.4, 0.5) is 8.78 Å². The molecule has 2 rings (SSSR count). The Hall–Kier alpha value is -2.09. The average Bonchev–Trinajstić information content (AvgIpc) is 2.47. The van der Waals surface area contributed by atoms with Crippen molar-refractivity contribution in [2.45, 2.75) is 6.61 Å². The maximum Gasteiger partial charge on any atom is 0.142 e. The van der Waals surface area contributed by atoms with Crippen LogP contribution in [0.5, 0.6) is 5.75 Å². The number of hydrogen-bond acceptors (Lipinski definition) is 2. The Balaban J connectivity index is 2.18. The molecule has 0 spiro atoms. The van der Waals surface area contributed by atoms with Crippen molar-refractivity contribution in [2.24, 2.45) is 5.73 Å².